The van der Waals surface area contributed by atoms with Crippen LogP contribution in [0.4, 0.5) is 0 Å². The van der Waals surface area contributed by atoms with Gasteiger partial charge in [-0.1, -0.05) is 95.9 Å². The van der Waals surface area contributed by atoms with E-state index in [2.05, 4.69) is 83.1 Å². The minimum Gasteiger partial charge on any atom is -0.393 e. The smallest absolute Gasteiger partial charge is 0.160 e. The highest BCUT2D eigenvalue weighted by Gasteiger charge is 2.22. The molecule has 5 heteroatoms. The molecule has 0 saturated heterocycles. The molecule has 332 valence electrons. The van der Waals surface area contributed by atoms with Gasteiger partial charge < -0.3 is 24.4 Å². The topological polar surface area (TPSA) is 68.2 Å². The molecule has 0 aliphatic heterocycles. The van der Waals surface area contributed by atoms with Gasteiger partial charge >= 0.3 is 0 Å². The summed E-state index contributed by atoms with van der Waals surface area (Å²) in [5.74, 6) is 8.69. The highest BCUT2D eigenvalue weighted by atomic mass is 16.8. The number of aliphatic hydroxyl groups is 2. The van der Waals surface area contributed by atoms with E-state index in [1.54, 1.807) is 14.2 Å². The van der Waals surface area contributed by atoms with E-state index in [1.807, 2.05) is 13.8 Å². The fourth-order valence-electron chi connectivity index (χ4n) is 11.1. The zero-order chi connectivity index (χ0) is 42.1. The van der Waals surface area contributed by atoms with Crippen molar-refractivity contribution in [3.63, 3.8) is 0 Å². The van der Waals surface area contributed by atoms with Gasteiger partial charge in [-0.3, -0.25) is 0 Å². The molecule has 0 radical (unpaired) electrons. The Morgan fingerprint density at radius 2 is 0.491 bits per heavy atom. The van der Waals surface area contributed by atoms with Crippen molar-refractivity contribution in [2.45, 2.75) is 237 Å². The lowest BCUT2D eigenvalue weighted by Crippen LogP contribution is -2.25. The van der Waals surface area contributed by atoms with Crippen LogP contribution in [0, 0.1) is 71.0 Å². The molecule has 0 aliphatic rings. The fourth-order valence-corrected chi connectivity index (χ4v) is 11.1. The third kappa shape index (κ3) is 31.4. The molecule has 0 saturated carbocycles. The van der Waals surface area contributed by atoms with Gasteiger partial charge in [-0.15, -0.1) is 0 Å². The molecule has 0 spiro atoms. The van der Waals surface area contributed by atoms with Crippen LogP contribution in [-0.2, 0) is 14.2 Å². The van der Waals surface area contributed by atoms with Gasteiger partial charge in [-0.2, -0.15) is 0 Å². The number of rotatable bonds is 36. The maximum absolute atomic E-state index is 9.71. The minimum absolute atomic E-state index is 0.183. The molecule has 2 N–H and O–H groups in total. The largest absolute Gasteiger partial charge is 0.393 e. The summed E-state index contributed by atoms with van der Waals surface area (Å²) in [6.45, 7) is 32.8. The quantitative estimate of drug-likeness (QED) is 0.0620. The normalized spacial score (nSPS) is 21.3. The number of methoxy groups -OCH3 is 2. The van der Waals surface area contributed by atoms with E-state index in [4.69, 9.17) is 14.2 Å². The van der Waals surface area contributed by atoms with Gasteiger partial charge in [-0.05, 0) is 188 Å². The van der Waals surface area contributed by atoms with Crippen molar-refractivity contribution in [3.8, 4) is 0 Å². The van der Waals surface area contributed by atoms with E-state index < -0.39 is 0 Å². The third-order valence-electron chi connectivity index (χ3n) is 12.6. The second-order valence-corrected chi connectivity index (χ2v) is 21.1. The lowest BCUT2D eigenvalue weighted by Gasteiger charge is -2.26. The number of hydrogen-bond donors (Lipinski definition) is 2. The fraction of sp³-hybridized carbons (Fsp3) is 1.00. The Labute approximate surface area is 346 Å². The highest BCUT2D eigenvalue weighted by molar-refractivity contribution is 4.72. The molecule has 0 aromatic carbocycles. The van der Waals surface area contributed by atoms with Crippen LogP contribution in [0.1, 0.15) is 213 Å². The summed E-state index contributed by atoms with van der Waals surface area (Å²) in [5, 5.41) is 19.4. The molecule has 0 bridgehead atoms. The van der Waals surface area contributed by atoms with E-state index >= 15 is 0 Å². The van der Waals surface area contributed by atoms with Gasteiger partial charge in [0.1, 0.15) is 0 Å². The Kier molecular flexibility index (Phi) is 31.6. The molecule has 16 unspecified atom stereocenters. The summed E-state index contributed by atoms with van der Waals surface area (Å²) in [6, 6.07) is 0. The van der Waals surface area contributed by atoms with E-state index in [9.17, 15) is 10.2 Å². The second kappa shape index (κ2) is 31.7. The predicted molar refractivity (Wildman–Crippen MR) is 239 cm³/mol. The van der Waals surface area contributed by atoms with Gasteiger partial charge in [-0.25, -0.2) is 0 Å². The van der Waals surface area contributed by atoms with E-state index in [0.29, 0.717) is 23.7 Å². The zero-order valence-electron chi connectivity index (χ0n) is 40.1. The highest BCUT2D eigenvalue weighted by Crippen LogP contribution is 2.32. The average molecular weight is 783 g/mol. The lowest BCUT2D eigenvalue weighted by molar-refractivity contribution is -0.233. The monoisotopic (exact) mass is 783 g/mol. The van der Waals surface area contributed by atoms with Crippen LogP contribution >= 0.6 is 0 Å². The first-order chi connectivity index (χ1) is 25.7. The van der Waals surface area contributed by atoms with Crippen LogP contribution in [0.2, 0.25) is 0 Å². The summed E-state index contributed by atoms with van der Waals surface area (Å²) < 4.78 is 17.9. The summed E-state index contributed by atoms with van der Waals surface area (Å²) in [4.78, 5) is 0. The Morgan fingerprint density at radius 1 is 0.291 bits per heavy atom. The molecule has 0 amide bonds. The average Bonchev–Trinajstić information content (AvgIpc) is 3.01. The Morgan fingerprint density at radius 3 is 0.691 bits per heavy atom. The summed E-state index contributed by atoms with van der Waals surface area (Å²) in [7, 11) is 3.54. The maximum Gasteiger partial charge on any atom is 0.160 e. The molecular formula is C50H102O5. The third-order valence-corrected chi connectivity index (χ3v) is 12.6. The van der Waals surface area contributed by atoms with Crippen LogP contribution < -0.4 is 0 Å². The first-order valence-electron chi connectivity index (χ1n) is 23.8. The molecule has 16 atom stereocenters. The SMILES string of the molecule is COC(CCCC(C)CC(C)CC(C)CC(C)CC(C)CC(C)CC(C)O)OC(CCCC(C)CC(C)CC(C)CC(C)CC(C)CC(C)CC(C)O)OC. The summed E-state index contributed by atoms with van der Waals surface area (Å²) >= 11 is 0. The van der Waals surface area contributed by atoms with Crippen LogP contribution in [-0.4, -0.2) is 49.2 Å². The standard InChI is InChI=1S/C50H102O5/c1-35(23-37(3)25-39(5)27-41(7)29-43(9)31-45(11)33-47(13)51)19-17-21-49(53-15)55-50(54-16)22-18-20-36(2)24-38(4)26-40(6)28-42(8)30-44(10)32-46(12)34-48(14)52/h35-52H,17-34H2,1-16H3. The predicted octanol–water partition coefficient (Wildman–Crippen LogP) is 14.4. The molecule has 0 fully saturated rings. The minimum atomic E-state index is -0.203. The zero-order valence-corrected chi connectivity index (χ0v) is 40.1. The molecule has 0 aromatic rings. The number of ether oxygens (including phenoxy) is 3. The van der Waals surface area contributed by atoms with Crippen molar-refractivity contribution < 1.29 is 24.4 Å². The Bertz CT molecular complexity index is 795. The maximum atomic E-state index is 9.71. The molecule has 0 aliphatic carbocycles. The van der Waals surface area contributed by atoms with Crippen molar-refractivity contribution in [3.05, 3.63) is 0 Å². The molecule has 0 aromatic heterocycles. The molecule has 0 heterocycles. The van der Waals surface area contributed by atoms with Crippen LogP contribution in [0.5, 0.6) is 0 Å². The lowest BCUT2D eigenvalue weighted by atomic mass is 9.81. The van der Waals surface area contributed by atoms with Crippen LogP contribution in [0.15, 0.2) is 0 Å². The van der Waals surface area contributed by atoms with Crippen molar-refractivity contribution in [2.75, 3.05) is 14.2 Å². The molecular weight excluding hydrogens is 681 g/mol. The van der Waals surface area contributed by atoms with Gasteiger partial charge in [0.15, 0.2) is 12.6 Å². The number of hydrogen-bond acceptors (Lipinski definition) is 5. The van der Waals surface area contributed by atoms with E-state index in [-0.39, 0.29) is 24.8 Å². The van der Waals surface area contributed by atoms with Crippen LogP contribution in [0.3, 0.4) is 0 Å². The molecule has 5 nitrogen and oxygen atoms in total. The molecule has 0 rings (SSSR count). The second-order valence-electron chi connectivity index (χ2n) is 21.1. The van der Waals surface area contributed by atoms with E-state index in [1.165, 1.54) is 77.0 Å². The first-order valence-corrected chi connectivity index (χ1v) is 23.8. The van der Waals surface area contributed by atoms with Crippen molar-refractivity contribution in [2.24, 2.45) is 71.0 Å². The van der Waals surface area contributed by atoms with Crippen molar-refractivity contribution in [1.82, 2.24) is 0 Å². The summed E-state index contributed by atoms with van der Waals surface area (Å²) in [6.07, 6.45) is 20.5. The number of aliphatic hydroxyl groups excluding tert-OH is 2. The van der Waals surface area contributed by atoms with Gasteiger partial charge in [0.25, 0.3) is 0 Å². The van der Waals surface area contributed by atoms with Crippen molar-refractivity contribution >= 4 is 0 Å². The Hall–Kier alpha value is -0.200. The van der Waals surface area contributed by atoms with Gasteiger partial charge in [0.05, 0.1) is 12.2 Å². The first kappa shape index (κ1) is 54.8. The van der Waals surface area contributed by atoms with Crippen molar-refractivity contribution in [1.29, 1.82) is 0 Å². The summed E-state index contributed by atoms with van der Waals surface area (Å²) in [5.41, 5.74) is 0. The Balaban J connectivity index is 4.37. The van der Waals surface area contributed by atoms with E-state index in [0.717, 1.165) is 85.9 Å². The van der Waals surface area contributed by atoms with Gasteiger partial charge in [0.2, 0.25) is 0 Å². The van der Waals surface area contributed by atoms with Crippen LogP contribution in [0.25, 0.3) is 0 Å². The molecule has 55 heavy (non-hydrogen) atoms. The van der Waals surface area contributed by atoms with Gasteiger partial charge in [0, 0.05) is 14.2 Å².